The predicted octanol–water partition coefficient (Wildman–Crippen LogP) is 5.29. The van der Waals surface area contributed by atoms with E-state index >= 15 is 0 Å². The van der Waals surface area contributed by atoms with Gasteiger partial charge < -0.3 is 21.1 Å². The van der Waals surface area contributed by atoms with E-state index in [1.165, 1.54) is 15.8 Å². The van der Waals surface area contributed by atoms with Crippen molar-refractivity contribution in [3.8, 4) is 11.1 Å². The second-order valence-electron chi connectivity index (χ2n) is 8.12. The van der Waals surface area contributed by atoms with E-state index in [1.54, 1.807) is 43.7 Å². The van der Waals surface area contributed by atoms with Crippen molar-refractivity contribution in [2.45, 2.75) is 26.1 Å². The van der Waals surface area contributed by atoms with Crippen LogP contribution in [0.2, 0.25) is 10.0 Å². The second-order valence-corrected chi connectivity index (χ2v) is 8.99. The summed E-state index contributed by atoms with van der Waals surface area (Å²) < 4.78 is 1.48. The molecule has 0 aliphatic carbocycles. The molecule has 0 spiro atoms. The highest BCUT2D eigenvalue weighted by Gasteiger charge is 2.15. The lowest BCUT2D eigenvalue weighted by Crippen LogP contribution is -2.23. The van der Waals surface area contributed by atoms with Gasteiger partial charge in [0, 0.05) is 51.5 Å². The normalized spacial score (nSPS) is 13.9. The molecule has 1 atom stereocenters. The molecule has 1 aliphatic heterocycles. The molecule has 4 N–H and O–H groups in total. The molecule has 2 aromatic carbocycles. The molecule has 0 fully saturated rings. The van der Waals surface area contributed by atoms with Crippen molar-refractivity contribution < 1.29 is 5.11 Å². The predicted molar refractivity (Wildman–Crippen MR) is 135 cm³/mol. The third kappa shape index (κ3) is 5.00. The molecule has 0 amide bonds. The fourth-order valence-electron chi connectivity index (χ4n) is 3.88. The van der Waals surface area contributed by atoms with Crippen LogP contribution in [0.1, 0.15) is 24.3 Å². The first-order valence-electron chi connectivity index (χ1n) is 10.9. The summed E-state index contributed by atoms with van der Waals surface area (Å²) in [5.41, 5.74) is 5.74. The molecule has 34 heavy (non-hydrogen) atoms. The van der Waals surface area contributed by atoms with Crippen LogP contribution in [0.25, 0.3) is 11.1 Å². The number of rotatable bonds is 6. The summed E-state index contributed by atoms with van der Waals surface area (Å²) in [6.07, 6.45) is 5.43. The van der Waals surface area contributed by atoms with Gasteiger partial charge >= 0.3 is 0 Å². The largest absolute Gasteiger partial charge is 0.372 e. The van der Waals surface area contributed by atoms with Gasteiger partial charge in [-0.05, 0) is 61.3 Å². The molecule has 174 valence electrons. The Balaban J connectivity index is 1.51. The van der Waals surface area contributed by atoms with Crippen LogP contribution in [-0.2, 0) is 13.0 Å². The van der Waals surface area contributed by atoms with E-state index in [-0.39, 0.29) is 0 Å². The van der Waals surface area contributed by atoms with Crippen LogP contribution in [0.4, 0.5) is 23.1 Å². The Morgan fingerprint density at radius 3 is 2.62 bits per heavy atom. The van der Waals surface area contributed by atoms with E-state index in [4.69, 9.17) is 28.2 Å². The van der Waals surface area contributed by atoms with Gasteiger partial charge in [-0.2, -0.15) is 10.1 Å². The lowest BCUT2D eigenvalue weighted by atomic mass is 10.0. The van der Waals surface area contributed by atoms with Gasteiger partial charge in [0.25, 0.3) is 0 Å². The minimum Gasteiger partial charge on any atom is -0.372 e. The number of aliphatic hydroxyl groups is 1. The topological polar surface area (TPSA) is 99.9 Å². The van der Waals surface area contributed by atoms with E-state index in [1.807, 2.05) is 0 Å². The molecule has 10 heteroatoms. The number of benzene rings is 2. The van der Waals surface area contributed by atoms with E-state index in [2.05, 4.69) is 44.2 Å². The maximum absolute atomic E-state index is 9.87. The minimum atomic E-state index is -0.743. The Hall–Kier alpha value is -3.17. The zero-order valence-electron chi connectivity index (χ0n) is 18.4. The first-order valence-corrected chi connectivity index (χ1v) is 11.6. The van der Waals surface area contributed by atoms with Gasteiger partial charge in [0.05, 0.1) is 6.20 Å². The first-order chi connectivity index (χ1) is 16.4. The van der Waals surface area contributed by atoms with Crippen molar-refractivity contribution in [1.82, 2.24) is 25.1 Å². The summed E-state index contributed by atoms with van der Waals surface area (Å²) in [5, 5.41) is 25.1. The van der Waals surface area contributed by atoms with Crippen LogP contribution in [0.5, 0.6) is 0 Å². The zero-order valence-corrected chi connectivity index (χ0v) is 19.9. The van der Waals surface area contributed by atoms with E-state index in [0.29, 0.717) is 27.5 Å². The number of nitrogens with zero attached hydrogens (tertiary/aromatic N) is 4. The average molecular weight is 496 g/mol. The van der Waals surface area contributed by atoms with E-state index < -0.39 is 6.23 Å². The van der Waals surface area contributed by atoms with Crippen molar-refractivity contribution in [3.05, 3.63) is 76.2 Å². The van der Waals surface area contributed by atoms with Gasteiger partial charge in [-0.15, -0.1) is 0 Å². The Morgan fingerprint density at radius 2 is 1.85 bits per heavy atom. The van der Waals surface area contributed by atoms with Crippen molar-refractivity contribution >= 4 is 46.3 Å². The zero-order chi connectivity index (χ0) is 23.7. The first kappa shape index (κ1) is 22.6. The van der Waals surface area contributed by atoms with Gasteiger partial charge in [0.1, 0.15) is 12.0 Å². The number of anilines is 4. The molecule has 2 aromatic heterocycles. The number of halogens is 2. The third-order valence-electron chi connectivity index (χ3n) is 5.56. The molecular formula is C24H23Cl2N7O. The van der Waals surface area contributed by atoms with Crippen molar-refractivity contribution in [1.29, 1.82) is 0 Å². The maximum atomic E-state index is 9.87. The van der Waals surface area contributed by atoms with Gasteiger partial charge in [-0.1, -0.05) is 29.3 Å². The lowest BCUT2D eigenvalue weighted by molar-refractivity contribution is 0.111. The summed E-state index contributed by atoms with van der Waals surface area (Å²) >= 11 is 12.3. The summed E-state index contributed by atoms with van der Waals surface area (Å²) in [4.78, 5) is 9.21. The number of hydrogen-bond acceptors (Lipinski definition) is 7. The molecule has 0 bridgehead atoms. The van der Waals surface area contributed by atoms with Crippen molar-refractivity contribution in [3.63, 3.8) is 0 Å². The van der Waals surface area contributed by atoms with Gasteiger partial charge in [-0.25, -0.2) is 9.67 Å². The summed E-state index contributed by atoms with van der Waals surface area (Å²) in [7, 11) is 0. The number of nitrogens with one attached hydrogen (secondary N) is 3. The summed E-state index contributed by atoms with van der Waals surface area (Å²) in [6.45, 7) is 3.48. The Kier molecular flexibility index (Phi) is 6.38. The van der Waals surface area contributed by atoms with E-state index in [9.17, 15) is 5.11 Å². The van der Waals surface area contributed by atoms with Gasteiger partial charge in [0.15, 0.2) is 0 Å². The van der Waals surface area contributed by atoms with Gasteiger partial charge in [-0.3, -0.25) is 0 Å². The molecule has 0 saturated carbocycles. The smallest absolute Gasteiger partial charge is 0.229 e. The summed E-state index contributed by atoms with van der Waals surface area (Å²) in [5.74, 6) is 0.978. The maximum Gasteiger partial charge on any atom is 0.229 e. The molecule has 4 aromatic rings. The summed E-state index contributed by atoms with van der Waals surface area (Å²) in [6, 6.07) is 11.5. The van der Waals surface area contributed by atoms with Crippen LogP contribution in [0.15, 0.2) is 55.0 Å². The SMILES string of the molecule is CC(O)n1cc(-c2cnc(Nc3cc(Cl)cc(Cl)c3)nc2Nc2ccc3c(c2)CNCC3)cn1. The van der Waals surface area contributed by atoms with Crippen molar-refractivity contribution in [2.24, 2.45) is 0 Å². The molecule has 0 radical (unpaired) electrons. The third-order valence-corrected chi connectivity index (χ3v) is 5.99. The van der Waals surface area contributed by atoms with Crippen LogP contribution < -0.4 is 16.0 Å². The number of aliphatic hydroxyl groups excluding tert-OH is 1. The Labute approximate surface area is 207 Å². The Bertz CT molecular complexity index is 1320. The van der Waals surface area contributed by atoms with Crippen LogP contribution in [0.3, 0.4) is 0 Å². The molecule has 3 heterocycles. The quantitative estimate of drug-likeness (QED) is 0.288. The van der Waals surface area contributed by atoms with Gasteiger partial charge in [0.2, 0.25) is 5.95 Å². The number of hydrogen-bond donors (Lipinski definition) is 4. The number of aromatic nitrogens is 4. The van der Waals surface area contributed by atoms with Crippen LogP contribution in [-0.4, -0.2) is 31.4 Å². The molecule has 0 saturated heterocycles. The average Bonchev–Trinajstić information content (AvgIpc) is 3.29. The second kappa shape index (κ2) is 9.60. The molecule has 1 aliphatic rings. The number of fused-ring (bicyclic) bond motifs is 1. The van der Waals surface area contributed by atoms with Crippen LogP contribution >= 0.6 is 23.2 Å². The molecular weight excluding hydrogens is 473 g/mol. The Morgan fingerprint density at radius 1 is 1.03 bits per heavy atom. The fourth-order valence-corrected chi connectivity index (χ4v) is 4.41. The lowest BCUT2D eigenvalue weighted by Gasteiger charge is -2.19. The minimum absolute atomic E-state index is 0.382. The standard InChI is InChI=1S/C24H23Cl2N7O/c1-14(34)33-13-17(11-29-33)22-12-28-24(31-21-8-18(25)7-19(26)9-21)32-23(22)30-20-3-2-15-4-5-27-10-16(15)6-20/h2-3,6-9,11-14,27,34H,4-5,10H2,1H3,(H2,28,30,31,32). The molecule has 5 rings (SSSR count). The molecule has 1 unspecified atom stereocenters. The monoisotopic (exact) mass is 495 g/mol. The molecule has 8 nitrogen and oxygen atoms in total. The van der Waals surface area contributed by atoms with Crippen LogP contribution in [0, 0.1) is 0 Å². The fraction of sp³-hybridized carbons (Fsp3) is 0.208. The highest BCUT2D eigenvalue weighted by Crippen LogP contribution is 2.32. The highest BCUT2D eigenvalue weighted by atomic mass is 35.5. The highest BCUT2D eigenvalue weighted by molar-refractivity contribution is 6.35. The van der Waals surface area contributed by atoms with Crippen molar-refractivity contribution in [2.75, 3.05) is 17.2 Å². The van der Waals surface area contributed by atoms with E-state index in [0.717, 1.165) is 36.3 Å².